The fourth-order valence-electron chi connectivity index (χ4n) is 1.76. The summed E-state index contributed by atoms with van der Waals surface area (Å²) in [5.41, 5.74) is 6.80. The molecular weight excluding hydrogens is 205 g/mol. The summed E-state index contributed by atoms with van der Waals surface area (Å²) < 4.78 is 18.3. The van der Waals surface area contributed by atoms with Gasteiger partial charge in [0.2, 0.25) is 0 Å². The number of benzene rings is 1. The summed E-state index contributed by atoms with van der Waals surface area (Å²) in [6, 6.07) is 4.35. The normalized spacial score (nSPS) is 12.5. The molecule has 0 spiro atoms. The zero-order valence-corrected chi connectivity index (χ0v) is 10.0. The minimum atomic E-state index is -0.262. The van der Waals surface area contributed by atoms with Crippen LogP contribution in [0, 0.1) is 5.82 Å². The maximum Gasteiger partial charge on any atom is 0.123 e. The van der Waals surface area contributed by atoms with E-state index in [1.165, 1.54) is 12.1 Å². The van der Waals surface area contributed by atoms with E-state index in [0.29, 0.717) is 5.75 Å². The molecular formula is C13H20FNO. The molecule has 0 unspecified atom stereocenters. The highest BCUT2D eigenvalue weighted by molar-refractivity contribution is 5.36. The molecule has 0 amide bonds. The first-order valence-electron chi connectivity index (χ1n) is 5.78. The molecule has 90 valence electrons. The Balaban J connectivity index is 2.72. The Morgan fingerprint density at radius 2 is 2.12 bits per heavy atom. The van der Waals surface area contributed by atoms with E-state index < -0.39 is 0 Å². The topological polar surface area (TPSA) is 35.2 Å². The summed E-state index contributed by atoms with van der Waals surface area (Å²) in [5.74, 6) is 0.409. The van der Waals surface area contributed by atoms with Gasteiger partial charge in [-0.2, -0.15) is 0 Å². The van der Waals surface area contributed by atoms with Gasteiger partial charge in [-0.1, -0.05) is 26.2 Å². The van der Waals surface area contributed by atoms with Crippen molar-refractivity contribution in [1.29, 1.82) is 0 Å². The number of rotatable bonds is 6. The largest absolute Gasteiger partial charge is 0.496 e. The summed E-state index contributed by atoms with van der Waals surface area (Å²) in [6.45, 7) is 2.15. The van der Waals surface area contributed by atoms with Gasteiger partial charge in [-0.25, -0.2) is 4.39 Å². The van der Waals surface area contributed by atoms with Crippen LogP contribution in [0.15, 0.2) is 18.2 Å². The second-order valence-electron chi connectivity index (χ2n) is 3.99. The van der Waals surface area contributed by atoms with Gasteiger partial charge in [-0.05, 0) is 24.6 Å². The summed E-state index contributed by atoms with van der Waals surface area (Å²) in [6.07, 6.45) is 4.25. The second-order valence-corrected chi connectivity index (χ2v) is 3.99. The Morgan fingerprint density at radius 1 is 1.38 bits per heavy atom. The van der Waals surface area contributed by atoms with E-state index in [1.807, 2.05) is 0 Å². The molecule has 0 bridgehead atoms. The van der Waals surface area contributed by atoms with Crippen molar-refractivity contribution in [1.82, 2.24) is 0 Å². The zero-order valence-electron chi connectivity index (χ0n) is 10.0. The lowest BCUT2D eigenvalue weighted by atomic mass is 10.0. The van der Waals surface area contributed by atoms with Crippen LogP contribution < -0.4 is 10.5 Å². The Labute approximate surface area is 96.6 Å². The Kier molecular flexibility index (Phi) is 5.26. The van der Waals surface area contributed by atoms with Crippen molar-refractivity contribution >= 4 is 0 Å². The third kappa shape index (κ3) is 3.49. The van der Waals surface area contributed by atoms with E-state index >= 15 is 0 Å². The highest BCUT2D eigenvalue weighted by Gasteiger charge is 2.12. The average molecular weight is 225 g/mol. The van der Waals surface area contributed by atoms with Crippen molar-refractivity contribution in [2.75, 3.05) is 7.11 Å². The summed E-state index contributed by atoms with van der Waals surface area (Å²) in [7, 11) is 1.58. The first-order valence-corrected chi connectivity index (χ1v) is 5.78. The van der Waals surface area contributed by atoms with Gasteiger partial charge in [0, 0.05) is 11.6 Å². The number of ether oxygens (including phenoxy) is 1. The molecule has 1 aromatic carbocycles. The zero-order chi connectivity index (χ0) is 12.0. The van der Waals surface area contributed by atoms with Crippen LogP contribution >= 0.6 is 0 Å². The van der Waals surface area contributed by atoms with Crippen molar-refractivity contribution in [3.63, 3.8) is 0 Å². The maximum absolute atomic E-state index is 13.1. The number of halogens is 1. The molecule has 0 fully saturated rings. The predicted octanol–water partition coefficient (Wildman–Crippen LogP) is 3.41. The van der Waals surface area contributed by atoms with Crippen LogP contribution in [-0.2, 0) is 0 Å². The van der Waals surface area contributed by atoms with Gasteiger partial charge in [-0.3, -0.25) is 0 Å². The van der Waals surface area contributed by atoms with Crippen molar-refractivity contribution in [3.8, 4) is 5.75 Å². The monoisotopic (exact) mass is 225 g/mol. The molecule has 1 rings (SSSR count). The van der Waals surface area contributed by atoms with Crippen LogP contribution in [0.1, 0.15) is 44.2 Å². The van der Waals surface area contributed by atoms with Gasteiger partial charge >= 0.3 is 0 Å². The Morgan fingerprint density at radius 3 is 2.75 bits per heavy atom. The lowest BCUT2D eigenvalue weighted by molar-refractivity contribution is 0.401. The van der Waals surface area contributed by atoms with Gasteiger partial charge in [-0.15, -0.1) is 0 Å². The molecule has 0 aliphatic carbocycles. The van der Waals surface area contributed by atoms with Crippen molar-refractivity contribution in [2.24, 2.45) is 5.73 Å². The second kappa shape index (κ2) is 6.48. The molecule has 0 heterocycles. The molecule has 1 atom stereocenters. The molecule has 0 saturated carbocycles. The molecule has 16 heavy (non-hydrogen) atoms. The van der Waals surface area contributed by atoms with Crippen LogP contribution in [0.2, 0.25) is 0 Å². The van der Waals surface area contributed by atoms with Crippen LogP contribution in [0.3, 0.4) is 0 Å². The smallest absolute Gasteiger partial charge is 0.123 e. The summed E-state index contributed by atoms with van der Waals surface area (Å²) in [4.78, 5) is 0. The Bertz CT molecular complexity index is 328. The molecule has 0 aromatic heterocycles. The van der Waals surface area contributed by atoms with Crippen LogP contribution in [0.25, 0.3) is 0 Å². The number of hydrogen-bond donors (Lipinski definition) is 1. The fourth-order valence-corrected chi connectivity index (χ4v) is 1.76. The van der Waals surface area contributed by atoms with E-state index in [4.69, 9.17) is 10.5 Å². The quantitative estimate of drug-likeness (QED) is 0.753. The average Bonchev–Trinajstić information content (AvgIpc) is 2.29. The number of unbranched alkanes of at least 4 members (excludes halogenated alkanes) is 2. The number of nitrogens with two attached hydrogens (primary N) is 1. The van der Waals surface area contributed by atoms with Crippen LogP contribution in [0.5, 0.6) is 5.75 Å². The van der Waals surface area contributed by atoms with E-state index in [-0.39, 0.29) is 11.9 Å². The van der Waals surface area contributed by atoms with Crippen molar-refractivity contribution < 1.29 is 9.13 Å². The van der Waals surface area contributed by atoms with Crippen molar-refractivity contribution in [2.45, 2.75) is 38.6 Å². The van der Waals surface area contributed by atoms with E-state index in [2.05, 4.69) is 6.92 Å². The molecule has 0 radical (unpaired) electrons. The van der Waals surface area contributed by atoms with Gasteiger partial charge in [0.15, 0.2) is 0 Å². The highest BCUT2D eigenvalue weighted by Crippen LogP contribution is 2.27. The third-order valence-electron chi connectivity index (χ3n) is 2.71. The van der Waals surface area contributed by atoms with Crippen molar-refractivity contribution in [3.05, 3.63) is 29.6 Å². The predicted molar refractivity (Wildman–Crippen MR) is 64.0 cm³/mol. The lowest BCUT2D eigenvalue weighted by Crippen LogP contribution is -2.11. The first-order chi connectivity index (χ1) is 7.69. The molecule has 0 aliphatic heterocycles. The minimum Gasteiger partial charge on any atom is -0.496 e. The van der Waals surface area contributed by atoms with Crippen LogP contribution in [0.4, 0.5) is 4.39 Å². The summed E-state index contributed by atoms with van der Waals surface area (Å²) >= 11 is 0. The molecule has 0 saturated heterocycles. The molecule has 1 aromatic rings. The fraction of sp³-hybridized carbons (Fsp3) is 0.538. The first kappa shape index (κ1) is 13.0. The van der Waals surface area contributed by atoms with Gasteiger partial charge in [0.1, 0.15) is 11.6 Å². The van der Waals surface area contributed by atoms with E-state index in [0.717, 1.165) is 31.2 Å². The van der Waals surface area contributed by atoms with Gasteiger partial charge in [0.25, 0.3) is 0 Å². The lowest BCUT2D eigenvalue weighted by Gasteiger charge is -2.15. The van der Waals surface area contributed by atoms with Crippen LogP contribution in [-0.4, -0.2) is 7.11 Å². The molecule has 3 heteroatoms. The number of hydrogen-bond acceptors (Lipinski definition) is 2. The van der Waals surface area contributed by atoms with Gasteiger partial charge in [0.05, 0.1) is 7.11 Å². The Hall–Kier alpha value is -1.09. The molecule has 2 N–H and O–H groups in total. The molecule has 2 nitrogen and oxygen atoms in total. The highest BCUT2D eigenvalue weighted by atomic mass is 19.1. The summed E-state index contributed by atoms with van der Waals surface area (Å²) in [5, 5.41) is 0. The maximum atomic E-state index is 13.1. The minimum absolute atomic E-state index is 0.141. The number of methoxy groups -OCH3 is 1. The van der Waals surface area contributed by atoms with Gasteiger partial charge < -0.3 is 10.5 Å². The third-order valence-corrected chi connectivity index (χ3v) is 2.71. The van der Waals surface area contributed by atoms with E-state index in [1.54, 1.807) is 13.2 Å². The SMILES string of the molecule is CCCCC[C@H](N)c1cc(F)ccc1OC. The van der Waals surface area contributed by atoms with E-state index in [9.17, 15) is 4.39 Å². The molecule has 0 aliphatic rings. The standard InChI is InChI=1S/C13H20FNO/c1-3-4-5-6-12(15)11-9-10(14)7-8-13(11)16-2/h7-9,12H,3-6,15H2,1-2H3/t12-/m0/s1.